The van der Waals surface area contributed by atoms with Crippen LogP contribution >= 0.6 is 0 Å². The molecular formula is C8H14O5S. The van der Waals surface area contributed by atoms with Crippen LogP contribution in [-0.2, 0) is 23.8 Å². The van der Waals surface area contributed by atoms with E-state index in [-0.39, 0.29) is 6.61 Å². The van der Waals surface area contributed by atoms with Crippen molar-refractivity contribution in [1.29, 1.82) is 0 Å². The minimum Gasteiger partial charge on any atom is -0.463 e. The van der Waals surface area contributed by atoms with E-state index in [9.17, 15) is 13.2 Å². The lowest BCUT2D eigenvalue weighted by Gasteiger charge is -2.39. The lowest BCUT2D eigenvalue weighted by atomic mass is 9.81. The Hall–Kier alpha value is -0.620. The molecule has 1 rings (SSSR count). The average Bonchev–Trinajstić information content (AvgIpc) is 1.92. The van der Waals surface area contributed by atoms with Gasteiger partial charge in [-0.05, 0) is 19.3 Å². The van der Waals surface area contributed by atoms with Crippen molar-refractivity contribution in [2.45, 2.75) is 31.8 Å². The van der Waals surface area contributed by atoms with Crippen LogP contribution < -0.4 is 0 Å². The molecule has 0 aliphatic heterocycles. The predicted molar refractivity (Wildman–Crippen MR) is 49.1 cm³/mol. The van der Waals surface area contributed by atoms with Crippen LogP contribution in [0.2, 0.25) is 0 Å². The van der Waals surface area contributed by atoms with Gasteiger partial charge < -0.3 is 4.74 Å². The Morgan fingerprint density at radius 3 is 2.29 bits per heavy atom. The first kappa shape index (κ1) is 11.5. The molecule has 0 N–H and O–H groups in total. The van der Waals surface area contributed by atoms with Crippen molar-refractivity contribution >= 4 is 16.1 Å². The lowest BCUT2D eigenvalue weighted by molar-refractivity contribution is -0.151. The molecule has 0 spiro atoms. The van der Waals surface area contributed by atoms with Crippen LogP contribution in [0, 0.1) is 0 Å². The van der Waals surface area contributed by atoms with Crippen molar-refractivity contribution in [1.82, 2.24) is 0 Å². The minimum absolute atomic E-state index is 0.0232. The molecule has 0 aromatic rings. The second-order valence-corrected chi connectivity index (χ2v) is 5.18. The molecular weight excluding hydrogens is 208 g/mol. The minimum atomic E-state index is -3.48. The van der Waals surface area contributed by atoms with Crippen LogP contribution in [-0.4, -0.2) is 32.9 Å². The third-order valence-electron chi connectivity index (χ3n) is 2.13. The van der Waals surface area contributed by atoms with Gasteiger partial charge in [0.1, 0.15) is 12.2 Å². The van der Waals surface area contributed by atoms with Crippen LogP contribution in [0.3, 0.4) is 0 Å². The van der Waals surface area contributed by atoms with E-state index in [0.717, 1.165) is 12.7 Å². The lowest BCUT2D eigenvalue weighted by Crippen LogP contribution is -2.46. The molecule has 0 aromatic heterocycles. The van der Waals surface area contributed by atoms with Gasteiger partial charge in [0.2, 0.25) is 0 Å². The molecule has 6 heteroatoms. The highest BCUT2D eigenvalue weighted by Gasteiger charge is 2.42. The van der Waals surface area contributed by atoms with Crippen LogP contribution in [0.15, 0.2) is 0 Å². The van der Waals surface area contributed by atoms with Gasteiger partial charge in [0.05, 0.1) is 6.26 Å². The van der Waals surface area contributed by atoms with E-state index in [0.29, 0.717) is 12.8 Å². The van der Waals surface area contributed by atoms with Gasteiger partial charge in [-0.1, -0.05) is 0 Å². The molecule has 1 aliphatic carbocycles. The molecule has 0 aromatic carbocycles. The van der Waals surface area contributed by atoms with E-state index in [4.69, 9.17) is 8.92 Å². The number of esters is 1. The molecule has 1 fully saturated rings. The van der Waals surface area contributed by atoms with Crippen LogP contribution in [0.25, 0.3) is 0 Å². The van der Waals surface area contributed by atoms with E-state index >= 15 is 0 Å². The second kappa shape index (κ2) is 3.86. The van der Waals surface area contributed by atoms with E-state index in [1.54, 1.807) is 0 Å². The summed E-state index contributed by atoms with van der Waals surface area (Å²) < 4.78 is 31.5. The first-order valence-corrected chi connectivity index (χ1v) is 6.19. The highest BCUT2D eigenvalue weighted by Crippen LogP contribution is 2.37. The summed E-state index contributed by atoms with van der Waals surface area (Å²) in [5.41, 5.74) is -0.792. The smallest absolute Gasteiger partial charge is 0.302 e. The maximum absolute atomic E-state index is 10.9. The van der Waals surface area contributed by atoms with E-state index in [1.165, 1.54) is 6.92 Å². The Kier molecular flexibility index (Phi) is 3.16. The molecule has 0 bridgehead atoms. The molecule has 14 heavy (non-hydrogen) atoms. The Morgan fingerprint density at radius 2 is 2.00 bits per heavy atom. The molecule has 0 amide bonds. The highest BCUT2D eigenvalue weighted by atomic mass is 32.2. The quantitative estimate of drug-likeness (QED) is 0.510. The van der Waals surface area contributed by atoms with Crippen molar-refractivity contribution in [2.24, 2.45) is 0 Å². The van der Waals surface area contributed by atoms with Gasteiger partial charge in [0.15, 0.2) is 0 Å². The first-order valence-electron chi connectivity index (χ1n) is 4.37. The summed E-state index contributed by atoms with van der Waals surface area (Å²) in [4.78, 5) is 10.6. The summed E-state index contributed by atoms with van der Waals surface area (Å²) in [7, 11) is -3.48. The van der Waals surface area contributed by atoms with Crippen molar-refractivity contribution in [3.8, 4) is 0 Å². The van der Waals surface area contributed by atoms with Crippen molar-refractivity contribution in [3.63, 3.8) is 0 Å². The molecule has 1 saturated carbocycles. The number of hydrogen-bond acceptors (Lipinski definition) is 5. The largest absolute Gasteiger partial charge is 0.463 e. The summed E-state index contributed by atoms with van der Waals surface area (Å²) in [5.74, 6) is -0.423. The molecule has 0 atom stereocenters. The highest BCUT2D eigenvalue weighted by molar-refractivity contribution is 7.86. The van der Waals surface area contributed by atoms with E-state index < -0.39 is 21.7 Å². The van der Waals surface area contributed by atoms with Crippen molar-refractivity contribution in [2.75, 3.05) is 12.9 Å². The Labute approximate surface area is 83.5 Å². The normalized spacial score (nSPS) is 19.9. The van der Waals surface area contributed by atoms with Crippen LogP contribution in [0.1, 0.15) is 26.2 Å². The van der Waals surface area contributed by atoms with Gasteiger partial charge in [-0.15, -0.1) is 0 Å². The molecule has 0 radical (unpaired) electrons. The predicted octanol–water partition coefficient (Wildman–Crippen LogP) is 0.448. The summed E-state index contributed by atoms with van der Waals surface area (Å²) in [6, 6.07) is 0. The molecule has 0 unspecified atom stereocenters. The fourth-order valence-corrected chi connectivity index (χ4v) is 2.23. The van der Waals surface area contributed by atoms with Gasteiger partial charge in [0.25, 0.3) is 10.1 Å². The van der Waals surface area contributed by atoms with Crippen LogP contribution in [0.4, 0.5) is 0 Å². The zero-order valence-corrected chi connectivity index (χ0v) is 9.09. The number of ether oxygens (including phenoxy) is 1. The average molecular weight is 222 g/mol. The monoisotopic (exact) mass is 222 g/mol. The number of hydrogen-bond donors (Lipinski definition) is 0. The molecule has 1 aliphatic rings. The maximum Gasteiger partial charge on any atom is 0.302 e. The van der Waals surface area contributed by atoms with Gasteiger partial charge in [-0.25, -0.2) is 0 Å². The van der Waals surface area contributed by atoms with Gasteiger partial charge >= 0.3 is 5.97 Å². The molecule has 0 saturated heterocycles. The summed E-state index contributed by atoms with van der Waals surface area (Å²) in [6.07, 6.45) is 3.14. The third kappa shape index (κ3) is 3.26. The maximum atomic E-state index is 10.9. The molecule has 5 nitrogen and oxygen atoms in total. The SMILES string of the molecule is CC(=O)OCC1(OS(C)(=O)=O)CCC1. The first-order chi connectivity index (χ1) is 6.33. The van der Waals surface area contributed by atoms with Gasteiger partial charge in [-0.2, -0.15) is 8.42 Å². The summed E-state index contributed by atoms with van der Waals surface area (Å²) >= 11 is 0. The molecule has 82 valence electrons. The number of carbonyl (C=O) groups is 1. The van der Waals surface area contributed by atoms with Gasteiger partial charge in [0, 0.05) is 6.92 Å². The Balaban J connectivity index is 2.54. The fourth-order valence-electron chi connectivity index (χ4n) is 1.38. The fraction of sp³-hybridized carbons (Fsp3) is 0.875. The third-order valence-corrected chi connectivity index (χ3v) is 2.79. The van der Waals surface area contributed by atoms with Gasteiger partial charge in [-0.3, -0.25) is 8.98 Å². The van der Waals surface area contributed by atoms with E-state index in [1.807, 2.05) is 0 Å². The van der Waals surface area contributed by atoms with Crippen molar-refractivity contribution in [3.05, 3.63) is 0 Å². The Morgan fingerprint density at radius 1 is 1.43 bits per heavy atom. The van der Waals surface area contributed by atoms with Crippen LogP contribution in [0.5, 0.6) is 0 Å². The summed E-state index contributed by atoms with van der Waals surface area (Å²) in [6.45, 7) is 1.31. The molecule has 0 heterocycles. The standard InChI is InChI=1S/C8H14O5S/c1-7(9)12-6-8(4-3-5-8)13-14(2,10)11/h3-6H2,1-2H3. The Bertz CT molecular complexity index is 315. The zero-order valence-electron chi connectivity index (χ0n) is 8.28. The van der Waals surface area contributed by atoms with E-state index in [2.05, 4.69) is 0 Å². The zero-order chi connectivity index (χ0) is 10.8. The second-order valence-electron chi connectivity index (χ2n) is 3.60. The number of rotatable bonds is 4. The topological polar surface area (TPSA) is 69.7 Å². The summed E-state index contributed by atoms with van der Waals surface area (Å²) in [5, 5.41) is 0. The van der Waals surface area contributed by atoms with Crippen molar-refractivity contribution < 1.29 is 22.1 Å². The number of carbonyl (C=O) groups excluding carboxylic acids is 1.